The standard InChI is InChI=1S/C27H36FN9O/c1-6-22(38)31-21-16-36(15-20(21)28)26-32-24(23-25(33-26)37(17-29-23)27(2,3)4)30-18-7-9-19(10-8-18)35-13-11-34(5)12-14-35/h6-10,17,20-21H,1,11-16H2,2-5H3,(H,31,38)(H,30,32,33)/t20-,21-/m1/s1. The first-order chi connectivity index (χ1) is 18.1. The summed E-state index contributed by atoms with van der Waals surface area (Å²) in [4.78, 5) is 32.5. The fourth-order valence-corrected chi connectivity index (χ4v) is 4.87. The predicted molar refractivity (Wildman–Crippen MR) is 149 cm³/mol. The van der Waals surface area contributed by atoms with Gasteiger partial charge >= 0.3 is 0 Å². The van der Waals surface area contributed by atoms with Crippen molar-refractivity contribution in [1.82, 2.24) is 29.7 Å². The molecule has 2 fully saturated rings. The lowest BCUT2D eigenvalue weighted by Gasteiger charge is -2.34. The van der Waals surface area contributed by atoms with E-state index in [0.717, 1.165) is 37.9 Å². The molecule has 0 saturated carbocycles. The molecule has 10 nitrogen and oxygen atoms in total. The maximum absolute atomic E-state index is 14.8. The topological polar surface area (TPSA) is 94.5 Å². The van der Waals surface area contributed by atoms with Crippen molar-refractivity contribution in [3.8, 4) is 0 Å². The lowest BCUT2D eigenvalue weighted by atomic mass is 10.1. The highest BCUT2D eigenvalue weighted by molar-refractivity contribution is 5.88. The number of halogens is 1. The molecule has 38 heavy (non-hydrogen) atoms. The number of imidazole rings is 1. The Hall–Kier alpha value is -3.73. The molecule has 2 aliphatic heterocycles. The number of piperazine rings is 1. The number of hydrogen-bond acceptors (Lipinski definition) is 8. The van der Waals surface area contributed by atoms with Gasteiger partial charge in [0.25, 0.3) is 0 Å². The van der Waals surface area contributed by atoms with Crippen LogP contribution >= 0.6 is 0 Å². The molecule has 11 heteroatoms. The van der Waals surface area contributed by atoms with E-state index in [1.165, 1.54) is 5.69 Å². The summed E-state index contributed by atoms with van der Waals surface area (Å²) in [5, 5.41) is 6.09. The predicted octanol–water partition coefficient (Wildman–Crippen LogP) is 2.91. The van der Waals surface area contributed by atoms with Crippen LogP contribution in [0.1, 0.15) is 20.8 Å². The van der Waals surface area contributed by atoms with Gasteiger partial charge in [0.1, 0.15) is 6.17 Å². The molecular formula is C27H36FN9O. The Morgan fingerprint density at radius 1 is 1.08 bits per heavy atom. The van der Waals surface area contributed by atoms with E-state index in [9.17, 15) is 9.18 Å². The first-order valence-electron chi connectivity index (χ1n) is 13.0. The van der Waals surface area contributed by atoms with Gasteiger partial charge in [0, 0.05) is 49.6 Å². The number of carbonyl (C=O) groups is 1. The van der Waals surface area contributed by atoms with Crippen molar-refractivity contribution >= 4 is 40.2 Å². The van der Waals surface area contributed by atoms with E-state index < -0.39 is 18.1 Å². The van der Waals surface area contributed by atoms with Crippen LogP contribution in [0.3, 0.4) is 0 Å². The van der Waals surface area contributed by atoms with E-state index in [1.807, 2.05) is 16.7 Å². The van der Waals surface area contributed by atoms with Crippen LogP contribution < -0.4 is 20.4 Å². The molecule has 1 aromatic carbocycles. The van der Waals surface area contributed by atoms with Gasteiger partial charge in [0.2, 0.25) is 11.9 Å². The van der Waals surface area contributed by atoms with Gasteiger partial charge in [0.15, 0.2) is 17.0 Å². The fourth-order valence-electron chi connectivity index (χ4n) is 4.87. The summed E-state index contributed by atoms with van der Waals surface area (Å²) in [6.45, 7) is 14.1. The quantitative estimate of drug-likeness (QED) is 0.479. The molecule has 0 unspecified atom stereocenters. The number of carbonyl (C=O) groups excluding carboxylic acids is 1. The second kappa shape index (κ2) is 10.2. The summed E-state index contributed by atoms with van der Waals surface area (Å²) in [5.41, 5.74) is 3.09. The minimum atomic E-state index is -1.25. The summed E-state index contributed by atoms with van der Waals surface area (Å²) in [7, 11) is 2.15. The number of alkyl halides is 1. The lowest BCUT2D eigenvalue weighted by Crippen LogP contribution is -2.44. The molecule has 2 aliphatic rings. The van der Waals surface area contributed by atoms with Gasteiger partial charge in [-0.15, -0.1) is 0 Å². The molecule has 1 amide bonds. The first-order valence-corrected chi connectivity index (χ1v) is 13.0. The van der Waals surface area contributed by atoms with E-state index in [4.69, 9.17) is 9.97 Å². The molecule has 5 rings (SSSR count). The van der Waals surface area contributed by atoms with Gasteiger partial charge in [-0.3, -0.25) is 4.79 Å². The van der Waals surface area contributed by atoms with Crippen molar-refractivity contribution < 1.29 is 9.18 Å². The minimum absolute atomic E-state index is 0.0798. The first kappa shape index (κ1) is 25.9. The highest BCUT2D eigenvalue weighted by Gasteiger charge is 2.35. The highest BCUT2D eigenvalue weighted by atomic mass is 19.1. The molecule has 3 aromatic rings. The lowest BCUT2D eigenvalue weighted by molar-refractivity contribution is -0.117. The third-order valence-corrected chi connectivity index (χ3v) is 7.15. The Bertz CT molecular complexity index is 1310. The number of fused-ring (bicyclic) bond motifs is 1. The third-order valence-electron chi connectivity index (χ3n) is 7.15. The normalized spacial score (nSPS) is 20.7. The molecule has 0 radical (unpaired) electrons. The molecule has 0 aliphatic carbocycles. The smallest absolute Gasteiger partial charge is 0.243 e. The number of rotatable bonds is 6. The van der Waals surface area contributed by atoms with Crippen molar-refractivity contribution in [2.24, 2.45) is 0 Å². The van der Waals surface area contributed by atoms with E-state index >= 15 is 0 Å². The zero-order valence-corrected chi connectivity index (χ0v) is 22.5. The van der Waals surface area contributed by atoms with Gasteiger partial charge in [-0.2, -0.15) is 9.97 Å². The van der Waals surface area contributed by atoms with Crippen LogP contribution in [0.15, 0.2) is 43.2 Å². The molecule has 202 valence electrons. The molecule has 2 saturated heterocycles. The van der Waals surface area contributed by atoms with E-state index in [2.05, 4.69) is 71.9 Å². The third kappa shape index (κ3) is 5.28. The Balaban J connectivity index is 1.44. The minimum Gasteiger partial charge on any atom is -0.369 e. The van der Waals surface area contributed by atoms with E-state index in [0.29, 0.717) is 22.9 Å². The second-order valence-electron chi connectivity index (χ2n) is 11.0. The van der Waals surface area contributed by atoms with Crippen LogP contribution in [0.2, 0.25) is 0 Å². The molecule has 0 bridgehead atoms. The fraction of sp³-hybridized carbons (Fsp3) is 0.481. The number of nitrogens with one attached hydrogen (secondary N) is 2. The Morgan fingerprint density at radius 2 is 1.79 bits per heavy atom. The SMILES string of the molecule is C=CC(=O)N[C@@H]1CN(c2nc(Nc3ccc(N4CCN(C)CC4)cc3)c3ncn(C(C)(C)C)c3n2)C[C@H]1F. The van der Waals surface area contributed by atoms with Gasteiger partial charge < -0.3 is 29.9 Å². The molecule has 2 N–H and O–H groups in total. The number of hydrogen-bond donors (Lipinski definition) is 2. The number of nitrogens with zero attached hydrogens (tertiary/aromatic N) is 7. The van der Waals surface area contributed by atoms with Crippen molar-refractivity contribution in [3.05, 3.63) is 43.2 Å². The van der Waals surface area contributed by atoms with Gasteiger partial charge in [-0.25, -0.2) is 9.37 Å². The molecule has 2 aromatic heterocycles. The summed E-state index contributed by atoms with van der Waals surface area (Å²) >= 11 is 0. The zero-order valence-electron chi connectivity index (χ0n) is 22.5. The van der Waals surface area contributed by atoms with Crippen molar-refractivity contribution in [3.63, 3.8) is 0 Å². The number of anilines is 4. The number of likely N-dealkylation sites (N-methyl/N-ethyl adjacent to an activating group) is 1. The average Bonchev–Trinajstić information content (AvgIpc) is 3.49. The number of amides is 1. The second-order valence-corrected chi connectivity index (χ2v) is 11.0. The maximum Gasteiger partial charge on any atom is 0.243 e. The molecule has 0 spiro atoms. The van der Waals surface area contributed by atoms with E-state index in [1.54, 1.807) is 11.2 Å². The van der Waals surface area contributed by atoms with Crippen LogP contribution in [0.5, 0.6) is 0 Å². The summed E-state index contributed by atoms with van der Waals surface area (Å²) < 4.78 is 16.8. The van der Waals surface area contributed by atoms with Gasteiger partial charge in [-0.1, -0.05) is 6.58 Å². The van der Waals surface area contributed by atoms with Crippen LogP contribution in [0, 0.1) is 0 Å². The Labute approximate surface area is 222 Å². The van der Waals surface area contributed by atoms with E-state index in [-0.39, 0.29) is 18.6 Å². The summed E-state index contributed by atoms with van der Waals surface area (Å²) in [5.74, 6) is 0.538. The monoisotopic (exact) mass is 521 g/mol. The Kier molecular flexibility index (Phi) is 6.95. The van der Waals surface area contributed by atoms with Crippen molar-refractivity contribution in [1.29, 1.82) is 0 Å². The van der Waals surface area contributed by atoms with Gasteiger partial charge in [-0.05, 0) is 58.2 Å². The highest BCUT2D eigenvalue weighted by Crippen LogP contribution is 2.31. The van der Waals surface area contributed by atoms with Gasteiger partial charge in [0.05, 0.1) is 18.9 Å². The molecule has 2 atom stereocenters. The van der Waals surface area contributed by atoms with Crippen LogP contribution in [0.25, 0.3) is 11.2 Å². The average molecular weight is 522 g/mol. The van der Waals surface area contributed by atoms with Crippen molar-refractivity contribution in [2.45, 2.75) is 38.5 Å². The summed E-state index contributed by atoms with van der Waals surface area (Å²) in [6.07, 6.45) is 1.67. The molecular weight excluding hydrogens is 485 g/mol. The molecule has 4 heterocycles. The number of aromatic nitrogens is 4. The summed E-state index contributed by atoms with van der Waals surface area (Å²) in [6, 6.07) is 7.64. The number of benzene rings is 1. The van der Waals surface area contributed by atoms with Crippen LogP contribution in [-0.4, -0.2) is 88.9 Å². The largest absolute Gasteiger partial charge is 0.369 e. The van der Waals surface area contributed by atoms with Crippen LogP contribution in [-0.2, 0) is 10.3 Å². The maximum atomic E-state index is 14.8. The zero-order chi connectivity index (χ0) is 27.0. The van der Waals surface area contributed by atoms with Crippen LogP contribution in [0.4, 0.5) is 27.5 Å². The Morgan fingerprint density at radius 3 is 2.45 bits per heavy atom. The van der Waals surface area contributed by atoms with Crippen molar-refractivity contribution in [2.75, 3.05) is 61.4 Å².